The van der Waals surface area contributed by atoms with Crippen molar-refractivity contribution in [2.45, 2.75) is 26.3 Å². The van der Waals surface area contributed by atoms with Crippen molar-refractivity contribution in [1.29, 1.82) is 0 Å². The summed E-state index contributed by atoms with van der Waals surface area (Å²) in [6.45, 7) is 4.74. The Balaban J connectivity index is 2.01. The number of benzene rings is 2. The Bertz CT molecular complexity index is 1250. The van der Waals surface area contributed by atoms with E-state index in [-0.39, 0.29) is 0 Å². The summed E-state index contributed by atoms with van der Waals surface area (Å²) in [7, 11) is -3.78. The molecule has 0 aliphatic carbocycles. The first-order chi connectivity index (χ1) is 15.7. The molecule has 4 N–H and O–H groups in total. The predicted octanol–water partition coefficient (Wildman–Crippen LogP) is 2.63. The second-order valence-electron chi connectivity index (χ2n) is 7.29. The average molecular weight is 474 g/mol. The summed E-state index contributed by atoms with van der Waals surface area (Å²) in [4.78, 5) is 21.1. The molecule has 1 unspecified atom stereocenters. The molecule has 0 fully saturated rings. The number of carbonyl (C=O) groups excluding carboxylic acids is 1. The third-order valence-corrected chi connectivity index (χ3v) is 5.16. The lowest BCUT2D eigenvalue weighted by atomic mass is 10.0. The van der Waals surface area contributed by atoms with E-state index in [4.69, 9.17) is 15.2 Å². The molecule has 0 aliphatic rings. The summed E-state index contributed by atoms with van der Waals surface area (Å²) in [5.41, 5.74) is 7.49. The van der Waals surface area contributed by atoms with Gasteiger partial charge in [-0.1, -0.05) is 13.0 Å². The van der Waals surface area contributed by atoms with Crippen LogP contribution in [0.2, 0.25) is 0 Å². The van der Waals surface area contributed by atoms with E-state index in [0.29, 0.717) is 52.7 Å². The van der Waals surface area contributed by atoms with Crippen molar-refractivity contribution < 1.29 is 22.7 Å². The van der Waals surface area contributed by atoms with Crippen LogP contribution >= 0.6 is 0 Å². The predicted molar refractivity (Wildman–Crippen MR) is 127 cm³/mol. The van der Waals surface area contributed by atoms with E-state index in [9.17, 15) is 13.2 Å². The molecule has 0 radical (unpaired) electrons. The van der Waals surface area contributed by atoms with Gasteiger partial charge < -0.3 is 20.5 Å². The van der Waals surface area contributed by atoms with Crippen LogP contribution in [0.5, 0.6) is 11.5 Å². The highest BCUT2D eigenvalue weighted by molar-refractivity contribution is 7.89. The summed E-state index contributed by atoms with van der Waals surface area (Å²) >= 11 is 0. The number of anilines is 2. The highest BCUT2D eigenvalue weighted by atomic mass is 32.2. The Morgan fingerprint density at radius 1 is 1.09 bits per heavy atom. The molecule has 0 saturated carbocycles. The topological polar surface area (TPSA) is 146 Å². The van der Waals surface area contributed by atoms with Gasteiger partial charge in [0.1, 0.15) is 18.2 Å². The number of nitrogens with zero attached hydrogens (tertiary/aromatic N) is 2. The van der Waals surface area contributed by atoms with Crippen LogP contribution in [0.15, 0.2) is 42.7 Å². The number of rotatable bonds is 10. The van der Waals surface area contributed by atoms with Crippen molar-refractivity contribution >= 4 is 38.3 Å². The fourth-order valence-electron chi connectivity index (χ4n) is 3.18. The lowest BCUT2D eigenvalue weighted by Crippen LogP contribution is -2.37. The minimum Gasteiger partial charge on any atom is -0.490 e. The van der Waals surface area contributed by atoms with E-state index < -0.39 is 22.0 Å². The number of nitrogen functional groups attached to an aromatic ring is 1. The summed E-state index contributed by atoms with van der Waals surface area (Å²) in [6, 6.07) is 9.15. The first-order valence-corrected chi connectivity index (χ1v) is 12.3. The number of fused-ring (bicyclic) bond motifs is 1. The average Bonchev–Trinajstić information content (AvgIpc) is 2.75. The minimum atomic E-state index is -3.78. The van der Waals surface area contributed by atoms with Gasteiger partial charge in [0.15, 0.2) is 11.5 Å². The van der Waals surface area contributed by atoms with Gasteiger partial charge in [0.25, 0.3) is 5.91 Å². The highest BCUT2D eigenvalue weighted by Crippen LogP contribution is 2.33. The molecule has 3 aromatic rings. The standard InChI is InChI=1S/C22H27N5O5S/c1-4-10-32-18-9-6-14(11-19(18)31-5-2)20(22(28)27-33(3,29)30)26-15-7-8-16-17(12-15)24-13-25-21(16)23/h6-9,11-13,20,26H,4-5,10H2,1-3H3,(H,27,28)(H2,23,24,25). The smallest absolute Gasteiger partial charge is 0.260 e. The van der Waals surface area contributed by atoms with Gasteiger partial charge in [-0.25, -0.2) is 18.4 Å². The number of carbonyl (C=O) groups is 1. The van der Waals surface area contributed by atoms with Crippen LogP contribution in [-0.2, 0) is 14.8 Å². The van der Waals surface area contributed by atoms with Gasteiger partial charge >= 0.3 is 0 Å². The van der Waals surface area contributed by atoms with Crippen molar-refractivity contribution in [3.63, 3.8) is 0 Å². The number of sulfonamides is 1. The number of ether oxygens (including phenoxy) is 2. The van der Waals surface area contributed by atoms with E-state index >= 15 is 0 Å². The van der Waals surface area contributed by atoms with Crippen molar-refractivity contribution in [2.75, 3.05) is 30.5 Å². The molecule has 1 heterocycles. The van der Waals surface area contributed by atoms with E-state index in [1.807, 2.05) is 18.6 Å². The summed E-state index contributed by atoms with van der Waals surface area (Å²) in [6.07, 6.45) is 3.09. The molecule has 1 amide bonds. The summed E-state index contributed by atoms with van der Waals surface area (Å²) in [5.74, 6) is 0.593. The Kier molecular flexibility index (Phi) is 7.54. The largest absolute Gasteiger partial charge is 0.490 e. The van der Waals surface area contributed by atoms with Crippen LogP contribution in [0.3, 0.4) is 0 Å². The van der Waals surface area contributed by atoms with Crippen LogP contribution in [0.4, 0.5) is 11.5 Å². The first kappa shape index (κ1) is 24.1. The summed E-state index contributed by atoms with van der Waals surface area (Å²) < 4.78 is 37.0. The van der Waals surface area contributed by atoms with Gasteiger partial charge in [0, 0.05) is 11.1 Å². The molecule has 1 atom stereocenters. The molecular formula is C22H27N5O5S. The van der Waals surface area contributed by atoms with Gasteiger partial charge in [-0.3, -0.25) is 9.52 Å². The maximum absolute atomic E-state index is 12.9. The molecular weight excluding hydrogens is 446 g/mol. The Morgan fingerprint density at radius 2 is 1.88 bits per heavy atom. The second-order valence-corrected chi connectivity index (χ2v) is 9.04. The SMILES string of the molecule is CCCOc1ccc(C(Nc2ccc3c(N)ncnc3c2)C(=O)NS(C)(=O)=O)cc1OCC. The molecule has 0 bridgehead atoms. The zero-order valence-corrected chi connectivity index (χ0v) is 19.5. The zero-order chi connectivity index (χ0) is 24.0. The van der Waals surface area contributed by atoms with Crippen molar-refractivity contribution in [2.24, 2.45) is 0 Å². The van der Waals surface area contributed by atoms with Gasteiger partial charge in [-0.05, 0) is 49.2 Å². The molecule has 0 aliphatic heterocycles. The quantitative estimate of drug-likeness (QED) is 0.404. The van der Waals surface area contributed by atoms with Crippen molar-refractivity contribution in [3.05, 3.63) is 48.3 Å². The molecule has 176 valence electrons. The normalized spacial score (nSPS) is 12.2. The maximum Gasteiger partial charge on any atom is 0.260 e. The van der Waals surface area contributed by atoms with E-state index in [2.05, 4.69) is 15.3 Å². The molecule has 1 aromatic heterocycles. The van der Waals surface area contributed by atoms with Crippen LogP contribution in [-0.4, -0.2) is 43.8 Å². The van der Waals surface area contributed by atoms with Crippen LogP contribution in [0, 0.1) is 0 Å². The number of hydrogen-bond donors (Lipinski definition) is 3. The molecule has 0 spiro atoms. The number of amides is 1. The molecule has 2 aromatic carbocycles. The van der Waals surface area contributed by atoms with Gasteiger partial charge in [0.05, 0.1) is 25.0 Å². The second kappa shape index (κ2) is 10.3. The van der Waals surface area contributed by atoms with Gasteiger partial charge in [-0.15, -0.1) is 0 Å². The molecule has 10 nitrogen and oxygen atoms in total. The number of nitrogens with two attached hydrogens (primary N) is 1. The minimum absolute atomic E-state index is 0.335. The Morgan fingerprint density at radius 3 is 2.58 bits per heavy atom. The van der Waals surface area contributed by atoms with Gasteiger partial charge in [0.2, 0.25) is 10.0 Å². The zero-order valence-electron chi connectivity index (χ0n) is 18.7. The first-order valence-electron chi connectivity index (χ1n) is 10.4. The van der Waals surface area contributed by atoms with E-state index in [1.54, 1.807) is 36.4 Å². The number of aromatic nitrogens is 2. The third-order valence-electron chi connectivity index (χ3n) is 4.59. The maximum atomic E-state index is 12.9. The Labute approximate surface area is 192 Å². The number of hydrogen-bond acceptors (Lipinski definition) is 9. The van der Waals surface area contributed by atoms with Crippen molar-refractivity contribution in [3.8, 4) is 11.5 Å². The molecule has 3 rings (SSSR count). The molecule has 33 heavy (non-hydrogen) atoms. The molecule has 0 saturated heterocycles. The number of nitrogens with one attached hydrogen (secondary N) is 2. The monoisotopic (exact) mass is 473 g/mol. The van der Waals surface area contributed by atoms with Gasteiger partial charge in [-0.2, -0.15) is 0 Å². The fourth-order valence-corrected chi connectivity index (χ4v) is 3.66. The van der Waals surface area contributed by atoms with E-state index in [0.717, 1.165) is 12.7 Å². The lowest BCUT2D eigenvalue weighted by molar-refractivity contribution is -0.120. The van der Waals surface area contributed by atoms with Crippen LogP contribution in [0.25, 0.3) is 10.9 Å². The third kappa shape index (κ3) is 6.22. The van der Waals surface area contributed by atoms with Crippen molar-refractivity contribution in [1.82, 2.24) is 14.7 Å². The summed E-state index contributed by atoms with van der Waals surface area (Å²) in [5, 5.41) is 3.75. The fraction of sp³-hybridized carbons (Fsp3) is 0.318. The highest BCUT2D eigenvalue weighted by Gasteiger charge is 2.25. The lowest BCUT2D eigenvalue weighted by Gasteiger charge is -2.21. The van der Waals surface area contributed by atoms with E-state index in [1.165, 1.54) is 6.33 Å². The Hall–Kier alpha value is -3.60. The van der Waals surface area contributed by atoms with Crippen LogP contribution < -0.4 is 25.2 Å². The molecule has 11 heteroatoms. The van der Waals surface area contributed by atoms with Crippen LogP contribution in [0.1, 0.15) is 31.9 Å².